The van der Waals surface area contributed by atoms with E-state index in [1.165, 1.54) is 25.6 Å². The molecule has 1 aliphatic rings. The molecule has 0 saturated carbocycles. The Balaban J connectivity index is 2.25. The molecule has 2 heterocycles. The van der Waals surface area contributed by atoms with E-state index >= 15 is 0 Å². The van der Waals surface area contributed by atoms with Crippen molar-refractivity contribution in [3.8, 4) is 0 Å². The van der Waals surface area contributed by atoms with Crippen molar-refractivity contribution < 1.29 is 0 Å². The van der Waals surface area contributed by atoms with Gasteiger partial charge in [-0.2, -0.15) is 0 Å². The summed E-state index contributed by atoms with van der Waals surface area (Å²) in [4.78, 5) is 8.48. The van der Waals surface area contributed by atoms with Crippen molar-refractivity contribution in [2.45, 2.75) is 65.0 Å². The molecule has 1 aliphatic heterocycles. The van der Waals surface area contributed by atoms with Crippen LogP contribution in [-0.2, 0) is 0 Å². The van der Waals surface area contributed by atoms with Gasteiger partial charge in [0, 0.05) is 17.6 Å². The number of aromatic nitrogens is 2. The highest BCUT2D eigenvalue weighted by atomic mass is 15.5. The van der Waals surface area contributed by atoms with Crippen LogP contribution < -0.4 is 11.2 Å². The molecule has 0 aromatic carbocycles. The third-order valence-corrected chi connectivity index (χ3v) is 3.92. The number of hydrogen-bond acceptors (Lipinski definition) is 5. The zero-order valence-electron chi connectivity index (χ0n) is 12.3. The highest BCUT2D eigenvalue weighted by Crippen LogP contribution is 2.29. The predicted molar refractivity (Wildman–Crippen MR) is 78.8 cm³/mol. The van der Waals surface area contributed by atoms with Gasteiger partial charge in [-0.3, -0.25) is 0 Å². The first-order chi connectivity index (χ1) is 9.00. The molecule has 1 aromatic rings. The fraction of sp³-hybridized carbons (Fsp3) is 0.714. The smallest absolute Gasteiger partial charge is 0.149 e. The highest BCUT2D eigenvalue weighted by molar-refractivity contribution is 5.56. The second kappa shape index (κ2) is 5.74. The minimum Gasteiger partial charge on any atom is -0.383 e. The van der Waals surface area contributed by atoms with E-state index < -0.39 is 0 Å². The molecule has 106 valence electrons. The van der Waals surface area contributed by atoms with Crippen LogP contribution in [-0.4, -0.2) is 27.1 Å². The molecule has 1 aromatic heterocycles. The zero-order chi connectivity index (χ0) is 14.0. The van der Waals surface area contributed by atoms with E-state index in [1.807, 2.05) is 0 Å². The van der Waals surface area contributed by atoms with Crippen LogP contribution in [0.2, 0.25) is 0 Å². The maximum atomic E-state index is 5.99. The van der Waals surface area contributed by atoms with Gasteiger partial charge in [-0.05, 0) is 32.6 Å². The van der Waals surface area contributed by atoms with Gasteiger partial charge >= 0.3 is 0 Å². The number of piperidine rings is 1. The molecule has 2 rings (SSSR count). The number of nitrogen functional groups attached to an aromatic ring is 1. The average Bonchev–Trinajstić information content (AvgIpc) is 2.33. The Kier molecular flexibility index (Phi) is 4.24. The molecule has 3 N–H and O–H groups in total. The van der Waals surface area contributed by atoms with Crippen LogP contribution in [0.5, 0.6) is 0 Å². The number of nitrogens with zero attached hydrogens (tertiary/aromatic N) is 3. The van der Waals surface area contributed by atoms with Gasteiger partial charge in [0.25, 0.3) is 0 Å². The van der Waals surface area contributed by atoms with E-state index in [0.29, 0.717) is 23.8 Å². The number of hydrogen-bond donors (Lipinski definition) is 2. The minimum absolute atomic E-state index is 0.305. The first kappa shape index (κ1) is 14.1. The van der Waals surface area contributed by atoms with Gasteiger partial charge in [-0.1, -0.05) is 20.3 Å². The first-order valence-corrected chi connectivity index (χ1v) is 7.16. The third-order valence-electron chi connectivity index (χ3n) is 3.92. The van der Waals surface area contributed by atoms with Crippen LogP contribution in [0.4, 0.5) is 11.6 Å². The van der Waals surface area contributed by atoms with Gasteiger partial charge in [0.1, 0.15) is 18.0 Å². The molecule has 1 saturated heterocycles. The maximum Gasteiger partial charge on any atom is 0.149 e. The van der Waals surface area contributed by atoms with E-state index in [-0.39, 0.29) is 0 Å². The molecule has 2 atom stereocenters. The molecule has 2 unspecified atom stereocenters. The van der Waals surface area contributed by atoms with Crippen molar-refractivity contribution in [1.82, 2.24) is 15.0 Å². The fourth-order valence-corrected chi connectivity index (χ4v) is 2.83. The lowest BCUT2D eigenvalue weighted by molar-refractivity contribution is 0.135. The summed E-state index contributed by atoms with van der Waals surface area (Å²) in [5.74, 6) is 1.73. The lowest BCUT2D eigenvalue weighted by Gasteiger charge is -2.39. The van der Waals surface area contributed by atoms with Crippen LogP contribution in [0.1, 0.15) is 58.4 Å². The van der Waals surface area contributed by atoms with Crippen molar-refractivity contribution in [3.05, 3.63) is 11.9 Å². The van der Waals surface area contributed by atoms with Gasteiger partial charge in [-0.25, -0.2) is 15.0 Å². The Morgan fingerprint density at radius 3 is 2.47 bits per heavy atom. The summed E-state index contributed by atoms with van der Waals surface area (Å²) in [7, 11) is 0. The van der Waals surface area contributed by atoms with Crippen molar-refractivity contribution in [2.75, 3.05) is 11.2 Å². The van der Waals surface area contributed by atoms with E-state index in [2.05, 4.69) is 48.1 Å². The first-order valence-electron chi connectivity index (χ1n) is 7.16. The second-order valence-corrected chi connectivity index (χ2v) is 5.82. The quantitative estimate of drug-likeness (QED) is 0.877. The number of anilines is 2. The van der Waals surface area contributed by atoms with Crippen LogP contribution in [0.15, 0.2) is 6.33 Å². The van der Waals surface area contributed by atoms with Crippen LogP contribution in [0.25, 0.3) is 0 Å². The van der Waals surface area contributed by atoms with E-state index in [0.717, 1.165) is 11.4 Å². The zero-order valence-corrected chi connectivity index (χ0v) is 12.3. The van der Waals surface area contributed by atoms with Gasteiger partial charge in [0.05, 0.1) is 0 Å². The molecule has 0 bridgehead atoms. The lowest BCUT2D eigenvalue weighted by Crippen LogP contribution is -2.47. The van der Waals surface area contributed by atoms with Crippen molar-refractivity contribution in [1.29, 1.82) is 0 Å². The van der Waals surface area contributed by atoms with E-state index in [1.54, 1.807) is 0 Å². The normalized spacial score (nSPS) is 24.7. The topological polar surface area (TPSA) is 67.1 Å². The Morgan fingerprint density at radius 2 is 1.89 bits per heavy atom. The van der Waals surface area contributed by atoms with E-state index in [9.17, 15) is 0 Å². The second-order valence-electron chi connectivity index (χ2n) is 5.82. The van der Waals surface area contributed by atoms with Crippen molar-refractivity contribution in [3.63, 3.8) is 0 Å². The Morgan fingerprint density at radius 1 is 1.26 bits per heavy atom. The molecule has 0 amide bonds. The Bertz CT molecular complexity index is 422. The molecule has 0 aliphatic carbocycles. The average molecular weight is 263 g/mol. The molecule has 5 heteroatoms. The summed E-state index contributed by atoms with van der Waals surface area (Å²) in [5.41, 5.74) is 10.5. The number of nitrogens with one attached hydrogen (secondary N) is 1. The lowest BCUT2D eigenvalue weighted by atomic mass is 9.99. The van der Waals surface area contributed by atoms with Gasteiger partial charge < -0.3 is 11.2 Å². The standard InChI is InChI=1S/C14H25N5/c1-9(2)12-13(15)16-8-17-14(12)18-19-10(3)6-5-7-11(19)4/h8-11H,5-7H2,1-4H3,(H3,15,16,17,18). The predicted octanol–water partition coefficient (Wildman–Crippen LogP) is 2.77. The molecular weight excluding hydrogens is 238 g/mol. The van der Waals surface area contributed by atoms with Crippen LogP contribution in [0, 0.1) is 0 Å². The van der Waals surface area contributed by atoms with Gasteiger partial charge in [0.15, 0.2) is 0 Å². The van der Waals surface area contributed by atoms with Crippen molar-refractivity contribution in [2.24, 2.45) is 0 Å². The number of hydrazine groups is 1. The van der Waals surface area contributed by atoms with Crippen LogP contribution in [0.3, 0.4) is 0 Å². The molecule has 0 radical (unpaired) electrons. The number of nitrogens with two attached hydrogens (primary N) is 1. The molecule has 5 nitrogen and oxygen atoms in total. The SMILES string of the molecule is CC(C)c1c(N)ncnc1NN1C(C)CCCC1C. The minimum atomic E-state index is 0.305. The fourth-order valence-electron chi connectivity index (χ4n) is 2.83. The third kappa shape index (κ3) is 2.97. The molecule has 0 spiro atoms. The summed E-state index contributed by atoms with van der Waals surface area (Å²) >= 11 is 0. The van der Waals surface area contributed by atoms with Crippen molar-refractivity contribution >= 4 is 11.6 Å². The summed E-state index contributed by atoms with van der Waals surface area (Å²) in [5, 5.41) is 2.30. The molecular formula is C14H25N5. The number of rotatable bonds is 3. The summed E-state index contributed by atoms with van der Waals surface area (Å²) in [6.45, 7) is 8.73. The molecule has 19 heavy (non-hydrogen) atoms. The highest BCUT2D eigenvalue weighted by Gasteiger charge is 2.26. The Hall–Kier alpha value is -1.36. The maximum absolute atomic E-state index is 5.99. The van der Waals surface area contributed by atoms with Gasteiger partial charge in [-0.15, -0.1) is 0 Å². The van der Waals surface area contributed by atoms with Crippen LogP contribution >= 0.6 is 0 Å². The monoisotopic (exact) mass is 263 g/mol. The summed E-state index contributed by atoms with van der Waals surface area (Å²) in [6.07, 6.45) is 5.26. The van der Waals surface area contributed by atoms with Gasteiger partial charge in [0.2, 0.25) is 0 Å². The largest absolute Gasteiger partial charge is 0.383 e. The molecule has 1 fully saturated rings. The Labute approximate surface area is 115 Å². The summed E-state index contributed by atoms with van der Waals surface area (Å²) < 4.78 is 0. The summed E-state index contributed by atoms with van der Waals surface area (Å²) in [6, 6.07) is 1.03. The van der Waals surface area contributed by atoms with E-state index in [4.69, 9.17) is 5.73 Å².